The number of nitrogens with two attached hydrogens (primary N) is 1. The van der Waals surface area contributed by atoms with Gasteiger partial charge in [0.15, 0.2) is 0 Å². The van der Waals surface area contributed by atoms with Crippen LogP contribution in [-0.4, -0.2) is 54.0 Å². The molecule has 2 aliphatic rings. The molecule has 0 radical (unpaired) electrons. The zero-order valence-corrected chi connectivity index (χ0v) is 10.4. The van der Waals surface area contributed by atoms with Gasteiger partial charge in [0.05, 0.1) is 6.61 Å². The predicted molar refractivity (Wildman–Crippen MR) is 60.1 cm³/mol. The van der Waals surface area contributed by atoms with Gasteiger partial charge in [-0.05, 0) is 6.92 Å². The van der Waals surface area contributed by atoms with Crippen LogP contribution < -0.4 is 16.5 Å². The smallest absolute Gasteiger partial charge is 0.318 e. The lowest BCUT2D eigenvalue weighted by atomic mass is 9.96. The number of urea groups is 1. The lowest BCUT2D eigenvalue weighted by Gasteiger charge is -2.34. The van der Waals surface area contributed by atoms with Crippen molar-refractivity contribution in [1.82, 2.24) is 15.7 Å². The van der Waals surface area contributed by atoms with Crippen LogP contribution in [0.2, 0.25) is 0 Å². The Balaban J connectivity index is 1.98. The van der Waals surface area contributed by atoms with E-state index in [9.17, 15) is 18.4 Å². The molecule has 0 spiro atoms. The van der Waals surface area contributed by atoms with Crippen molar-refractivity contribution < 1.29 is 23.2 Å². The van der Waals surface area contributed by atoms with E-state index in [-0.39, 0.29) is 19.2 Å². The highest BCUT2D eigenvalue weighted by Gasteiger charge is 2.56. The summed E-state index contributed by atoms with van der Waals surface area (Å²) < 4.78 is 27.3. The van der Waals surface area contributed by atoms with E-state index in [4.69, 9.17) is 10.6 Å². The van der Waals surface area contributed by atoms with Crippen LogP contribution in [0.4, 0.5) is 13.6 Å². The van der Waals surface area contributed by atoms with Gasteiger partial charge in [0, 0.05) is 19.0 Å². The first-order chi connectivity index (χ1) is 8.81. The van der Waals surface area contributed by atoms with E-state index in [1.54, 1.807) is 6.92 Å². The topological polar surface area (TPSA) is 96.7 Å². The molecule has 2 bridgehead atoms. The molecular weight excluding hydrogens is 262 g/mol. The molecule has 3 amide bonds. The number of alkyl halides is 2. The quantitative estimate of drug-likeness (QED) is 0.585. The van der Waals surface area contributed by atoms with E-state index in [0.29, 0.717) is 0 Å². The second-order valence-electron chi connectivity index (χ2n) is 4.89. The second-order valence-corrected chi connectivity index (χ2v) is 4.89. The third-order valence-electron chi connectivity index (χ3n) is 3.11. The molecule has 7 nitrogen and oxygen atoms in total. The second kappa shape index (κ2) is 4.89. The van der Waals surface area contributed by atoms with Crippen molar-refractivity contribution in [2.24, 2.45) is 5.73 Å². The largest absolute Gasteiger partial charge is 0.327 e. The van der Waals surface area contributed by atoms with Gasteiger partial charge < -0.3 is 16.0 Å². The number of halogens is 2. The normalized spacial score (nSPS) is 29.9. The number of fused-ring (bicyclic) bond motifs is 2. The zero-order valence-electron chi connectivity index (χ0n) is 10.4. The molecule has 19 heavy (non-hydrogen) atoms. The maximum absolute atomic E-state index is 13.6. The van der Waals surface area contributed by atoms with Crippen molar-refractivity contribution in [2.45, 2.75) is 37.4 Å². The number of amides is 3. The van der Waals surface area contributed by atoms with Crippen LogP contribution in [0.1, 0.15) is 13.3 Å². The highest BCUT2D eigenvalue weighted by atomic mass is 19.3. The summed E-state index contributed by atoms with van der Waals surface area (Å²) in [7, 11) is 0. The van der Waals surface area contributed by atoms with Gasteiger partial charge >= 0.3 is 6.03 Å². The molecule has 2 unspecified atom stereocenters. The fraction of sp³-hybridized carbons (Fsp3) is 0.800. The number of carbonyl (C=O) groups is 2. The first-order valence-electron chi connectivity index (χ1n) is 5.93. The predicted octanol–water partition coefficient (Wildman–Crippen LogP) is -0.817. The van der Waals surface area contributed by atoms with E-state index >= 15 is 0 Å². The van der Waals surface area contributed by atoms with Crippen molar-refractivity contribution in [2.75, 3.05) is 13.2 Å². The van der Waals surface area contributed by atoms with Gasteiger partial charge in [0.25, 0.3) is 11.8 Å². The summed E-state index contributed by atoms with van der Waals surface area (Å²) in [6.07, 6.45) is -0.718. The van der Waals surface area contributed by atoms with Crippen LogP contribution >= 0.6 is 0 Å². The minimum atomic E-state index is -3.11. The van der Waals surface area contributed by atoms with Gasteiger partial charge in [-0.15, -0.1) is 0 Å². The molecule has 2 rings (SSSR count). The Morgan fingerprint density at radius 3 is 3.05 bits per heavy atom. The summed E-state index contributed by atoms with van der Waals surface area (Å²) in [5, 5.41) is 2.16. The Morgan fingerprint density at radius 2 is 2.42 bits per heavy atom. The van der Waals surface area contributed by atoms with Crippen molar-refractivity contribution >= 4 is 11.9 Å². The molecule has 9 heteroatoms. The van der Waals surface area contributed by atoms with Crippen LogP contribution in [-0.2, 0) is 9.63 Å². The maximum atomic E-state index is 13.6. The molecule has 0 saturated carbocycles. The lowest BCUT2D eigenvalue weighted by molar-refractivity contribution is -0.146. The minimum Gasteiger partial charge on any atom is -0.327 e. The molecule has 0 aromatic rings. The van der Waals surface area contributed by atoms with E-state index in [2.05, 4.69) is 10.8 Å². The number of rotatable bonds is 4. The average molecular weight is 278 g/mol. The van der Waals surface area contributed by atoms with E-state index < -0.39 is 36.4 Å². The fourth-order valence-corrected chi connectivity index (χ4v) is 2.12. The molecular formula is C10H16F2N4O3. The van der Waals surface area contributed by atoms with Crippen molar-refractivity contribution in [3.8, 4) is 0 Å². The molecule has 2 fully saturated rings. The Bertz CT molecular complexity index is 391. The summed E-state index contributed by atoms with van der Waals surface area (Å²) >= 11 is 0. The Labute approximate surface area is 108 Å². The van der Waals surface area contributed by atoms with Gasteiger partial charge in [-0.1, -0.05) is 0 Å². The van der Waals surface area contributed by atoms with Gasteiger partial charge in [-0.2, -0.15) is 0 Å². The number of nitrogens with one attached hydrogen (secondary N) is 2. The Morgan fingerprint density at radius 1 is 1.74 bits per heavy atom. The third-order valence-corrected chi connectivity index (χ3v) is 3.11. The molecule has 4 N–H and O–H groups in total. The van der Waals surface area contributed by atoms with Gasteiger partial charge in [0.2, 0.25) is 0 Å². The summed E-state index contributed by atoms with van der Waals surface area (Å²) in [5.74, 6) is -3.87. The van der Waals surface area contributed by atoms with E-state index in [0.717, 1.165) is 4.90 Å². The van der Waals surface area contributed by atoms with Crippen molar-refractivity contribution in [1.29, 1.82) is 0 Å². The van der Waals surface area contributed by atoms with Crippen molar-refractivity contribution in [3.05, 3.63) is 0 Å². The van der Waals surface area contributed by atoms with Crippen LogP contribution in [0.15, 0.2) is 0 Å². The molecule has 2 aliphatic heterocycles. The summed E-state index contributed by atoms with van der Waals surface area (Å²) in [6, 6.07) is -3.42. The molecule has 108 valence electrons. The summed E-state index contributed by atoms with van der Waals surface area (Å²) in [5.41, 5.74) is 7.46. The molecule has 2 saturated heterocycles. The molecule has 2 heterocycles. The molecule has 0 aliphatic carbocycles. The number of piperidine rings is 1. The Kier molecular flexibility index (Phi) is 3.59. The summed E-state index contributed by atoms with van der Waals surface area (Å²) in [4.78, 5) is 29.1. The maximum Gasteiger partial charge on any atom is 0.318 e. The summed E-state index contributed by atoms with van der Waals surface area (Å²) in [6.45, 7) is 1.54. The highest BCUT2D eigenvalue weighted by molar-refractivity contribution is 5.88. The average Bonchev–Trinajstić information content (AvgIpc) is 2.64. The van der Waals surface area contributed by atoms with Crippen molar-refractivity contribution in [3.63, 3.8) is 0 Å². The first kappa shape index (κ1) is 13.9. The molecule has 0 aromatic carbocycles. The van der Waals surface area contributed by atoms with Gasteiger partial charge in [-0.3, -0.25) is 9.63 Å². The standard InChI is InChI=1S/C10H16F2N4O3/c1-5(13)4-19-15-8(17)6-2-10(11,12)7-3-16(6)9(18)14-7/h5-7H,2-4,13H2,1H3,(H,14,18)(H,15,17)/t5?,6-,7?/m0/s1. The number of hydrogen-bond donors (Lipinski definition) is 3. The minimum absolute atomic E-state index is 0.0592. The molecule has 0 aromatic heterocycles. The highest BCUT2D eigenvalue weighted by Crippen LogP contribution is 2.35. The monoisotopic (exact) mass is 278 g/mol. The van der Waals surface area contributed by atoms with Crippen LogP contribution in [0.25, 0.3) is 0 Å². The fourth-order valence-electron chi connectivity index (χ4n) is 2.12. The number of hydrogen-bond acceptors (Lipinski definition) is 4. The molecule has 3 atom stereocenters. The Hall–Kier alpha value is -1.48. The van der Waals surface area contributed by atoms with Crippen LogP contribution in [0, 0.1) is 0 Å². The third kappa shape index (κ3) is 2.76. The van der Waals surface area contributed by atoms with E-state index in [1.165, 1.54) is 0 Å². The SMILES string of the molecule is CC(N)CONC(=O)[C@@H]1CC(F)(F)C2CN1C(=O)N2. The number of hydroxylamine groups is 1. The van der Waals surface area contributed by atoms with Gasteiger partial charge in [0.1, 0.15) is 12.1 Å². The van der Waals surface area contributed by atoms with Gasteiger partial charge in [-0.25, -0.2) is 19.1 Å². The van der Waals surface area contributed by atoms with Crippen LogP contribution in [0.3, 0.4) is 0 Å². The number of nitrogens with zero attached hydrogens (tertiary/aromatic N) is 1. The number of carbonyl (C=O) groups excluding carboxylic acids is 2. The zero-order chi connectivity index (χ0) is 14.2. The first-order valence-corrected chi connectivity index (χ1v) is 5.93. The lowest BCUT2D eigenvalue weighted by Crippen LogP contribution is -2.56. The van der Waals surface area contributed by atoms with Crippen LogP contribution in [0.5, 0.6) is 0 Å². The van der Waals surface area contributed by atoms with E-state index in [1.807, 2.05) is 0 Å².